The van der Waals surface area contributed by atoms with Gasteiger partial charge in [-0.1, -0.05) is 13.8 Å². The van der Waals surface area contributed by atoms with Gasteiger partial charge in [0, 0.05) is 25.2 Å². The van der Waals surface area contributed by atoms with Gasteiger partial charge in [-0.05, 0) is 33.6 Å². The first kappa shape index (κ1) is 19.7. The molecule has 0 aliphatic carbocycles. The lowest BCUT2D eigenvalue weighted by molar-refractivity contribution is -0.121. The van der Waals surface area contributed by atoms with E-state index in [9.17, 15) is 4.79 Å². The van der Waals surface area contributed by atoms with Crippen LogP contribution in [-0.2, 0) is 9.53 Å². The molecule has 21 heavy (non-hydrogen) atoms. The lowest BCUT2D eigenvalue weighted by Crippen LogP contribution is -2.43. The first-order chi connectivity index (χ1) is 9.74. The molecular weight excluding hydrogens is 268 g/mol. The summed E-state index contributed by atoms with van der Waals surface area (Å²) in [6.45, 7) is 15.0. The van der Waals surface area contributed by atoms with Crippen LogP contribution in [0.25, 0.3) is 0 Å². The Labute approximate surface area is 129 Å². The molecule has 0 radical (unpaired) electrons. The molecule has 0 bridgehead atoms. The van der Waals surface area contributed by atoms with Crippen LogP contribution in [-0.4, -0.2) is 50.3 Å². The molecule has 0 heterocycles. The number of carbonyl (C=O) groups is 1. The Morgan fingerprint density at radius 3 is 2.43 bits per heavy atom. The van der Waals surface area contributed by atoms with E-state index in [1.807, 2.05) is 27.7 Å². The fraction of sp³-hybridized carbons (Fsp3) is 0.867. The number of carbonyl (C=O) groups excluding carboxylic acids is 1. The van der Waals surface area contributed by atoms with Crippen LogP contribution in [0.1, 0.15) is 41.5 Å². The van der Waals surface area contributed by atoms with E-state index in [0.717, 1.165) is 13.2 Å². The van der Waals surface area contributed by atoms with Gasteiger partial charge in [0.15, 0.2) is 5.96 Å². The van der Waals surface area contributed by atoms with Crippen molar-refractivity contribution in [2.45, 2.75) is 47.1 Å². The van der Waals surface area contributed by atoms with Crippen LogP contribution in [0.5, 0.6) is 0 Å². The number of aliphatic imine (C=N–C) groups is 1. The van der Waals surface area contributed by atoms with E-state index >= 15 is 0 Å². The van der Waals surface area contributed by atoms with Gasteiger partial charge in [-0.2, -0.15) is 0 Å². The molecule has 0 atom stereocenters. The summed E-state index contributed by atoms with van der Waals surface area (Å²) in [7, 11) is 0. The van der Waals surface area contributed by atoms with Crippen molar-refractivity contribution >= 4 is 11.9 Å². The minimum atomic E-state index is -0.233. The van der Waals surface area contributed by atoms with Gasteiger partial charge in [0.1, 0.15) is 6.54 Å². The first-order valence-electron chi connectivity index (χ1n) is 7.65. The molecular formula is C15H32N4O2. The second kappa shape index (κ2) is 10.4. The SMILES string of the molecule is CCNC(=NCC(=O)NC(C)(C)C)NCCOCC(C)C. The maximum Gasteiger partial charge on any atom is 0.242 e. The average Bonchev–Trinajstić information content (AvgIpc) is 2.32. The lowest BCUT2D eigenvalue weighted by Gasteiger charge is -2.20. The van der Waals surface area contributed by atoms with E-state index < -0.39 is 0 Å². The monoisotopic (exact) mass is 300 g/mol. The van der Waals surface area contributed by atoms with Crippen molar-refractivity contribution in [2.24, 2.45) is 10.9 Å². The summed E-state index contributed by atoms with van der Waals surface area (Å²) in [5.41, 5.74) is -0.233. The molecule has 0 fully saturated rings. The maximum atomic E-state index is 11.7. The molecule has 0 saturated heterocycles. The Hall–Kier alpha value is -1.30. The first-order valence-corrected chi connectivity index (χ1v) is 7.65. The number of hydrogen-bond acceptors (Lipinski definition) is 3. The van der Waals surface area contributed by atoms with Crippen LogP contribution in [0.4, 0.5) is 0 Å². The molecule has 0 spiro atoms. The second-order valence-electron chi connectivity index (χ2n) is 6.39. The molecule has 0 rings (SSSR count). The fourth-order valence-electron chi connectivity index (χ4n) is 1.51. The normalized spacial score (nSPS) is 12.4. The van der Waals surface area contributed by atoms with Gasteiger partial charge in [-0.25, -0.2) is 4.99 Å². The highest BCUT2D eigenvalue weighted by Crippen LogP contribution is 1.97. The zero-order valence-electron chi connectivity index (χ0n) is 14.4. The van der Waals surface area contributed by atoms with Crippen molar-refractivity contribution in [3.8, 4) is 0 Å². The minimum Gasteiger partial charge on any atom is -0.379 e. The Balaban J connectivity index is 4.09. The molecule has 0 aromatic carbocycles. The van der Waals surface area contributed by atoms with Crippen LogP contribution in [0, 0.1) is 5.92 Å². The van der Waals surface area contributed by atoms with Crippen molar-refractivity contribution in [3.63, 3.8) is 0 Å². The highest BCUT2D eigenvalue weighted by molar-refractivity contribution is 5.85. The number of amides is 1. The second-order valence-corrected chi connectivity index (χ2v) is 6.39. The van der Waals surface area contributed by atoms with Crippen molar-refractivity contribution in [3.05, 3.63) is 0 Å². The van der Waals surface area contributed by atoms with Gasteiger partial charge in [0.2, 0.25) is 5.91 Å². The number of nitrogens with zero attached hydrogens (tertiary/aromatic N) is 1. The molecule has 0 aromatic heterocycles. The van der Waals surface area contributed by atoms with E-state index in [-0.39, 0.29) is 18.0 Å². The van der Waals surface area contributed by atoms with Crippen LogP contribution in [0.3, 0.4) is 0 Å². The lowest BCUT2D eigenvalue weighted by atomic mass is 10.1. The van der Waals surface area contributed by atoms with Gasteiger partial charge in [0.25, 0.3) is 0 Å². The fourth-order valence-corrected chi connectivity index (χ4v) is 1.51. The highest BCUT2D eigenvalue weighted by Gasteiger charge is 2.13. The number of hydrogen-bond donors (Lipinski definition) is 3. The third kappa shape index (κ3) is 13.4. The van der Waals surface area contributed by atoms with Crippen LogP contribution in [0.2, 0.25) is 0 Å². The molecule has 0 aromatic rings. The summed E-state index contributed by atoms with van der Waals surface area (Å²) in [6.07, 6.45) is 0. The van der Waals surface area contributed by atoms with Crippen molar-refractivity contribution in [2.75, 3.05) is 32.8 Å². The Kier molecular flexibility index (Phi) is 9.78. The predicted octanol–water partition coefficient (Wildman–Crippen LogP) is 1.13. The largest absolute Gasteiger partial charge is 0.379 e. The van der Waals surface area contributed by atoms with E-state index in [1.54, 1.807) is 0 Å². The minimum absolute atomic E-state index is 0.0873. The van der Waals surface area contributed by atoms with Gasteiger partial charge in [-0.3, -0.25) is 4.79 Å². The third-order valence-electron chi connectivity index (χ3n) is 2.23. The number of ether oxygens (including phenoxy) is 1. The van der Waals surface area contributed by atoms with Crippen molar-refractivity contribution in [1.29, 1.82) is 0 Å². The van der Waals surface area contributed by atoms with E-state index in [1.165, 1.54) is 0 Å². The van der Waals surface area contributed by atoms with E-state index in [0.29, 0.717) is 25.0 Å². The average molecular weight is 300 g/mol. The topological polar surface area (TPSA) is 74.8 Å². The van der Waals surface area contributed by atoms with E-state index in [2.05, 4.69) is 34.8 Å². The summed E-state index contributed by atoms with van der Waals surface area (Å²) >= 11 is 0. The number of guanidine groups is 1. The summed E-state index contributed by atoms with van der Waals surface area (Å²) < 4.78 is 5.49. The Morgan fingerprint density at radius 1 is 1.24 bits per heavy atom. The van der Waals surface area contributed by atoms with Crippen molar-refractivity contribution < 1.29 is 9.53 Å². The van der Waals surface area contributed by atoms with Crippen LogP contribution in [0.15, 0.2) is 4.99 Å². The summed E-state index contributed by atoms with van der Waals surface area (Å²) in [4.78, 5) is 16.0. The standard InChI is InChI=1S/C15H32N4O2/c1-7-16-14(17-8-9-21-11-12(2)3)18-10-13(20)19-15(4,5)6/h12H,7-11H2,1-6H3,(H,19,20)(H2,16,17,18). The van der Waals surface area contributed by atoms with Gasteiger partial charge in [-0.15, -0.1) is 0 Å². The van der Waals surface area contributed by atoms with Gasteiger partial charge in [0.05, 0.1) is 6.61 Å². The summed E-state index contributed by atoms with van der Waals surface area (Å²) in [5.74, 6) is 1.08. The molecule has 6 heteroatoms. The summed E-state index contributed by atoms with van der Waals surface area (Å²) in [6, 6.07) is 0. The zero-order valence-corrected chi connectivity index (χ0v) is 14.4. The highest BCUT2D eigenvalue weighted by atomic mass is 16.5. The molecule has 0 unspecified atom stereocenters. The Morgan fingerprint density at radius 2 is 1.90 bits per heavy atom. The molecule has 3 N–H and O–H groups in total. The van der Waals surface area contributed by atoms with Crippen LogP contribution < -0.4 is 16.0 Å². The zero-order chi connectivity index (χ0) is 16.3. The molecule has 1 amide bonds. The predicted molar refractivity (Wildman–Crippen MR) is 87.5 cm³/mol. The number of nitrogens with one attached hydrogen (secondary N) is 3. The Bertz CT molecular complexity index is 322. The molecule has 0 saturated carbocycles. The molecule has 6 nitrogen and oxygen atoms in total. The van der Waals surface area contributed by atoms with Crippen LogP contribution >= 0.6 is 0 Å². The van der Waals surface area contributed by atoms with Gasteiger partial charge >= 0.3 is 0 Å². The maximum absolute atomic E-state index is 11.7. The van der Waals surface area contributed by atoms with Gasteiger partial charge < -0.3 is 20.7 Å². The molecule has 0 aliphatic rings. The molecule has 124 valence electrons. The number of rotatable bonds is 8. The van der Waals surface area contributed by atoms with Crippen molar-refractivity contribution in [1.82, 2.24) is 16.0 Å². The summed E-state index contributed by atoms with van der Waals surface area (Å²) in [5, 5.41) is 9.13. The smallest absolute Gasteiger partial charge is 0.242 e. The quantitative estimate of drug-likeness (QED) is 0.357. The third-order valence-corrected chi connectivity index (χ3v) is 2.23. The molecule has 0 aliphatic heterocycles. The van der Waals surface area contributed by atoms with E-state index in [4.69, 9.17) is 4.74 Å².